The molecule has 0 spiro atoms. The normalized spacial score (nSPS) is 23.9. The fourth-order valence-electron chi connectivity index (χ4n) is 3.48. The van der Waals surface area contributed by atoms with Crippen molar-refractivity contribution >= 4 is 10.9 Å². The summed E-state index contributed by atoms with van der Waals surface area (Å²) in [5, 5.41) is 21.3. The first kappa shape index (κ1) is 16.3. The first-order valence-electron chi connectivity index (χ1n) is 8.43. The van der Waals surface area contributed by atoms with Gasteiger partial charge in [0, 0.05) is 29.2 Å². The van der Waals surface area contributed by atoms with Crippen molar-refractivity contribution in [3.8, 4) is 0 Å². The summed E-state index contributed by atoms with van der Waals surface area (Å²) in [7, 11) is 0. The number of ether oxygens (including phenoxy) is 1. The van der Waals surface area contributed by atoms with E-state index in [9.17, 15) is 14.6 Å². The fraction of sp³-hybridized carbons (Fsp3) is 0.300. The monoisotopic (exact) mass is 341 g/mol. The van der Waals surface area contributed by atoms with E-state index in [4.69, 9.17) is 4.74 Å². The van der Waals surface area contributed by atoms with Crippen molar-refractivity contribution in [3.05, 3.63) is 71.7 Å². The molecule has 0 unspecified atom stereocenters. The molecule has 2 heterocycles. The molecule has 3 atom stereocenters. The Kier molecular flexibility index (Phi) is 4.29. The maximum atomic E-state index is 13.1. The van der Waals surface area contributed by atoms with Crippen LogP contribution < -0.4 is 0 Å². The van der Waals surface area contributed by atoms with E-state index in [0.717, 1.165) is 22.0 Å². The van der Waals surface area contributed by atoms with Crippen molar-refractivity contribution in [2.24, 2.45) is 0 Å². The van der Waals surface area contributed by atoms with Crippen molar-refractivity contribution in [3.63, 3.8) is 0 Å². The van der Waals surface area contributed by atoms with E-state index in [2.05, 4.69) is 4.57 Å². The Bertz CT molecular complexity index is 874. The number of para-hydroxylation sites is 1. The maximum Gasteiger partial charge on any atom is 0.123 e. The molecule has 3 aromatic rings. The summed E-state index contributed by atoms with van der Waals surface area (Å²) in [6.45, 7) is 1.01. The lowest BCUT2D eigenvalue weighted by molar-refractivity contribution is -0.136. The number of aliphatic hydroxyl groups is 2. The Labute approximate surface area is 145 Å². The Hall–Kier alpha value is -2.21. The summed E-state index contributed by atoms with van der Waals surface area (Å²) in [4.78, 5) is 0. The zero-order chi connectivity index (χ0) is 17.4. The van der Waals surface area contributed by atoms with Crippen LogP contribution >= 0.6 is 0 Å². The molecule has 0 bridgehead atoms. The number of aromatic nitrogens is 1. The van der Waals surface area contributed by atoms with Gasteiger partial charge in [0.15, 0.2) is 0 Å². The standard InChI is InChI=1S/C20H20FNO3/c21-14-7-5-13(6-8-14)11-22-12-16(15-3-1-2-4-17(15)22)20-19(24)18(23)9-10-25-20/h1-8,12,18-20,23-24H,9-11H2/t18-,19+,20-/m0/s1. The highest BCUT2D eigenvalue weighted by atomic mass is 19.1. The van der Waals surface area contributed by atoms with Crippen LogP contribution in [0.15, 0.2) is 54.7 Å². The van der Waals surface area contributed by atoms with Crippen LogP contribution in [-0.2, 0) is 11.3 Å². The van der Waals surface area contributed by atoms with E-state index in [1.807, 2.05) is 30.5 Å². The summed E-state index contributed by atoms with van der Waals surface area (Å²) in [6, 6.07) is 14.3. The number of fused-ring (bicyclic) bond motifs is 1. The van der Waals surface area contributed by atoms with Gasteiger partial charge in [-0.1, -0.05) is 30.3 Å². The van der Waals surface area contributed by atoms with Crippen LogP contribution in [0.2, 0.25) is 0 Å². The molecule has 0 amide bonds. The molecule has 0 aliphatic carbocycles. The molecule has 1 aliphatic heterocycles. The van der Waals surface area contributed by atoms with Crippen molar-refractivity contribution < 1.29 is 19.3 Å². The zero-order valence-electron chi connectivity index (χ0n) is 13.7. The van der Waals surface area contributed by atoms with Gasteiger partial charge in [-0.15, -0.1) is 0 Å². The van der Waals surface area contributed by atoms with Crippen LogP contribution in [0, 0.1) is 5.82 Å². The average molecular weight is 341 g/mol. The number of aliphatic hydroxyl groups excluding tert-OH is 2. The van der Waals surface area contributed by atoms with E-state index in [1.54, 1.807) is 12.1 Å². The molecule has 25 heavy (non-hydrogen) atoms. The minimum Gasteiger partial charge on any atom is -0.390 e. The molecule has 2 aromatic carbocycles. The number of nitrogens with zero attached hydrogens (tertiary/aromatic N) is 1. The third-order valence-corrected chi connectivity index (χ3v) is 4.81. The van der Waals surface area contributed by atoms with Gasteiger partial charge in [-0.2, -0.15) is 0 Å². The number of hydrogen-bond acceptors (Lipinski definition) is 3. The van der Waals surface area contributed by atoms with Crippen molar-refractivity contribution in [1.29, 1.82) is 0 Å². The SMILES string of the molecule is O[C@@H]1[C@@H](O)CCO[C@H]1c1cn(Cc2ccc(F)cc2)c2ccccc12. The van der Waals surface area contributed by atoms with Crippen molar-refractivity contribution in [2.75, 3.05) is 6.61 Å². The first-order valence-corrected chi connectivity index (χ1v) is 8.43. The minimum atomic E-state index is -0.946. The smallest absolute Gasteiger partial charge is 0.123 e. The van der Waals surface area contributed by atoms with Crippen LogP contribution in [0.4, 0.5) is 4.39 Å². The van der Waals surface area contributed by atoms with Gasteiger partial charge >= 0.3 is 0 Å². The molecule has 4 rings (SSSR count). The van der Waals surface area contributed by atoms with E-state index >= 15 is 0 Å². The molecule has 1 aromatic heterocycles. The zero-order valence-corrected chi connectivity index (χ0v) is 13.7. The van der Waals surface area contributed by atoms with Crippen molar-refractivity contribution in [2.45, 2.75) is 31.3 Å². The number of benzene rings is 2. The molecule has 0 saturated carbocycles. The summed E-state index contributed by atoms with van der Waals surface area (Å²) < 4.78 is 21.0. The molecule has 0 radical (unpaired) electrons. The first-order chi connectivity index (χ1) is 12.1. The van der Waals surface area contributed by atoms with Crippen LogP contribution in [0.25, 0.3) is 10.9 Å². The Morgan fingerprint density at radius 3 is 2.64 bits per heavy atom. The van der Waals surface area contributed by atoms with Gasteiger partial charge in [-0.3, -0.25) is 0 Å². The largest absolute Gasteiger partial charge is 0.390 e. The molecule has 1 aliphatic rings. The summed E-state index contributed by atoms with van der Waals surface area (Å²) in [5.41, 5.74) is 2.86. The van der Waals surface area contributed by atoms with E-state index in [0.29, 0.717) is 19.6 Å². The van der Waals surface area contributed by atoms with Gasteiger partial charge in [-0.25, -0.2) is 4.39 Å². The van der Waals surface area contributed by atoms with Gasteiger partial charge in [0.2, 0.25) is 0 Å². The molecular formula is C20H20FNO3. The third kappa shape index (κ3) is 3.06. The second-order valence-electron chi connectivity index (χ2n) is 6.49. The highest BCUT2D eigenvalue weighted by Gasteiger charge is 2.34. The second-order valence-corrected chi connectivity index (χ2v) is 6.49. The lowest BCUT2D eigenvalue weighted by Gasteiger charge is -2.31. The number of halogens is 1. The Morgan fingerprint density at radius 2 is 1.84 bits per heavy atom. The quantitative estimate of drug-likeness (QED) is 0.770. The molecule has 2 N–H and O–H groups in total. The van der Waals surface area contributed by atoms with Gasteiger partial charge < -0.3 is 19.5 Å². The van der Waals surface area contributed by atoms with Crippen LogP contribution in [-0.4, -0.2) is 33.6 Å². The summed E-state index contributed by atoms with van der Waals surface area (Å²) in [5.74, 6) is -0.255. The highest BCUT2D eigenvalue weighted by Crippen LogP contribution is 2.35. The number of rotatable bonds is 3. The van der Waals surface area contributed by atoms with Gasteiger partial charge in [0.05, 0.1) is 12.7 Å². The van der Waals surface area contributed by atoms with Crippen LogP contribution in [0.1, 0.15) is 23.7 Å². The predicted molar refractivity (Wildman–Crippen MR) is 92.8 cm³/mol. The maximum absolute atomic E-state index is 13.1. The molecule has 4 nitrogen and oxygen atoms in total. The van der Waals surface area contributed by atoms with Gasteiger partial charge in [-0.05, 0) is 30.2 Å². The summed E-state index contributed by atoms with van der Waals surface area (Å²) >= 11 is 0. The molecule has 5 heteroatoms. The lowest BCUT2D eigenvalue weighted by Crippen LogP contribution is -2.39. The van der Waals surface area contributed by atoms with Gasteiger partial charge in [0.25, 0.3) is 0 Å². The Balaban J connectivity index is 1.74. The average Bonchev–Trinajstić information content (AvgIpc) is 2.98. The predicted octanol–water partition coefficient (Wildman–Crippen LogP) is 3.01. The van der Waals surface area contributed by atoms with Crippen LogP contribution in [0.5, 0.6) is 0 Å². The Morgan fingerprint density at radius 1 is 1.08 bits per heavy atom. The molecule has 1 saturated heterocycles. The minimum absolute atomic E-state index is 0.255. The fourth-order valence-corrected chi connectivity index (χ4v) is 3.48. The highest BCUT2D eigenvalue weighted by molar-refractivity contribution is 5.84. The van der Waals surface area contributed by atoms with E-state index in [-0.39, 0.29) is 5.82 Å². The second kappa shape index (κ2) is 6.59. The topological polar surface area (TPSA) is 54.6 Å². The molecule has 1 fully saturated rings. The van der Waals surface area contributed by atoms with Gasteiger partial charge in [0.1, 0.15) is 18.0 Å². The third-order valence-electron chi connectivity index (χ3n) is 4.81. The van der Waals surface area contributed by atoms with E-state index < -0.39 is 18.3 Å². The molecular weight excluding hydrogens is 321 g/mol. The van der Waals surface area contributed by atoms with Crippen molar-refractivity contribution in [1.82, 2.24) is 4.57 Å². The summed E-state index contributed by atoms with van der Waals surface area (Å²) in [6.07, 6.45) is 0.117. The van der Waals surface area contributed by atoms with Crippen LogP contribution in [0.3, 0.4) is 0 Å². The van der Waals surface area contributed by atoms with E-state index in [1.165, 1.54) is 12.1 Å². The molecule has 130 valence electrons. The number of hydrogen-bond donors (Lipinski definition) is 2. The lowest BCUT2D eigenvalue weighted by atomic mass is 9.96.